The van der Waals surface area contributed by atoms with Crippen LogP contribution in [0.1, 0.15) is 13.8 Å². The highest BCUT2D eigenvalue weighted by molar-refractivity contribution is 14.0. The molecule has 1 atom stereocenters. The molecule has 1 aliphatic heterocycles. The smallest absolute Gasteiger partial charge is 0.192 e. The molecule has 2 N–H and O–H groups in total. The average Bonchev–Trinajstić information content (AvgIpc) is 2.42. The van der Waals surface area contributed by atoms with Crippen molar-refractivity contribution in [3.05, 3.63) is 0 Å². The molecule has 0 aromatic rings. The quantitative estimate of drug-likeness (QED) is 0.316. The van der Waals surface area contributed by atoms with Gasteiger partial charge in [-0.05, 0) is 13.8 Å². The summed E-state index contributed by atoms with van der Waals surface area (Å²) < 4.78 is 5.34. The molecule has 0 aromatic heterocycles. The van der Waals surface area contributed by atoms with Crippen molar-refractivity contribution in [3.63, 3.8) is 0 Å². The minimum Gasteiger partial charge on any atom is -0.379 e. The summed E-state index contributed by atoms with van der Waals surface area (Å²) >= 11 is 0. The zero-order valence-electron chi connectivity index (χ0n) is 11.8. The van der Waals surface area contributed by atoms with Gasteiger partial charge in [-0.2, -0.15) is 0 Å². The third-order valence-electron chi connectivity index (χ3n) is 2.88. The number of ether oxygens (including phenoxy) is 1. The molecular weight excluding hydrogens is 355 g/mol. The van der Waals surface area contributed by atoms with Gasteiger partial charge in [-0.15, -0.1) is 30.4 Å². The SMILES string of the molecule is C#CCNC(=NCC(C)N1CCOCC1)NCC.I. The molecule has 0 saturated carbocycles. The standard InChI is InChI=1S/C13H24N4O.HI/c1-4-6-15-13(14-5-2)16-11-12(3)17-7-9-18-10-8-17;/h1,12H,5-11H2,2-3H3,(H2,14,15,16);1H. The Labute approximate surface area is 133 Å². The second kappa shape index (κ2) is 11.3. The minimum atomic E-state index is 0. The second-order valence-electron chi connectivity index (χ2n) is 4.27. The summed E-state index contributed by atoms with van der Waals surface area (Å²) in [5.41, 5.74) is 0. The topological polar surface area (TPSA) is 48.9 Å². The van der Waals surface area contributed by atoms with Crippen LogP contribution < -0.4 is 10.6 Å². The predicted octanol–water partition coefficient (Wildman–Crippen LogP) is 0.513. The first-order valence-corrected chi connectivity index (χ1v) is 6.55. The lowest BCUT2D eigenvalue weighted by Gasteiger charge is -2.31. The molecule has 6 heteroatoms. The van der Waals surface area contributed by atoms with Gasteiger partial charge >= 0.3 is 0 Å². The van der Waals surface area contributed by atoms with Crippen LogP contribution in [0.25, 0.3) is 0 Å². The van der Waals surface area contributed by atoms with Crippen molar-refractivity contribution in [2.24, 2.45) is 4.99 Å². The summed E-state index contributed by atoms with van der Waals surface area (Å²) in [4.78, 5) is 6.94. The molecule has 0 amide bonds. The van der Waals surface area contributed by atoms with E-state index in [2.05, 4.69) is 33.4 Å². The van der Waals surface area contributed by atoms with E-state index in [0.29, 0.717) is 12.6 Å². The summed E-state index contributed by atoms with van der Waals surface area (Å²) in [7, 11) is 0. The van der Waals surface area contributed by atoms with Crippen molar-refractivity contribution in [1.29, 1.82) is 0 Å². The molecule has 0 spiro atoms. The Bertz CT molecular complexity index is 298. The molecule has 1 fully saturated rings. The van der Waals surface area contributed by atoms with Crippen molar-refractivity contribution in [1.82, 2.24) is 15.5 Å². The minimum absolute atomic E-state index is 0. The Morgan fingerprint density at radius 3 is 2.68 bits per heavy atom. The first-order chi connectivity index (χ1) is 8.77. The first kappa shape index (κ1) is 18.5. The summed E-state index contributed by atoms with van der Waals surface area (Å²) in [6.07, 6.45) is 5.23. The monoisotopic (exact) mass is 380 g/mol. The van der Waals surface area contributed by atoms with Crippen LogP contribution in [-0.2, 0) is 4.74 Å². The Morgan fingerprint density at radius 2 is 2.11 bits per heavy atom. The van der Waals surface area contributed by atoms with Gasteiger partial charge in [-0.25, -0.2) is 0 Å². The van der Waals surface area contributed by atoms with Crippen molar-refractivity contribution in [3.8, 4) is 12.3 Å². The molecule has 1 saturated heterocycles. The van der Waals surface area contributed by atoms with Crippen LogP contribution in [0.4, 0.5) is 0 Å². The molecule has 0 bridgehead atoms. The Hall–Kier alpha value is -0.520. The van der Waals surface area contributed by atoms with Crippen LogP contribution in [-0.4, -0.2) is 62.8 Å². The number of nitrogens with zero attached hydrogens (tertiary/aromatic N) is 2. The lowest BCUT2D eigenvalue weighted by molar-refractivity contribution is 0.0220. The van der Waals surface area contributed by atoms with E-state index in [-0.39, 0.29) is 24.0 Å². The summed E-state index contributed by atoms with van der Waals surface area (Å²) in [6.45, 7) is 9.96. The third-order valence-corrected chi connectivity index (χ3v) is 2.88. The van der Waals surface area contributed by atoms with Gasteiger partial charge in [-0.3, -0.25) is 9.89 Å². The predicted molar refractivity (Wildman–Crippen MR) is 90.1 cm³/mol. The van der Waals surface area contributed by atoms with Crippen LogP contribution in [0.2, 0.25) is 0 Å². The van der Waals surface area contributed by atoms with E-state index in [1.54, 1.807) is 0 Å². The van der Waals surface area contributed by atoms with E-state index in [9.17, 15) is 0 Å². The highest BCUT2D eigenvalue weighted by Gasteiger charge is 2.16. The molecule has 0 aliphatic carbocycles. The highest BCUT2D eigenvalue weighted by atomic mass is 127. The van der Waals surface area contributed by atoms with E-state index < -0.39 is 0 Å². The number of rotatable bonds is 5. The third kappa shape index (κ3) is 7.60. The van der Waals surface area contributed by atoms with Gasteiger partial charge in [0, 0.05) is 25.7 Å². The summed E-state index contributed by atoms with van der Waals surface area (Å²) in [6, 6.07) is 0.426. The molecule has 0 aromatic carbocycles. The fourth-order valence-corrected chi connectivity index (χ4v) is 1.83. The molecule has 1 rings (SSSR count). The number of halogens is 1. The van der Waals surface area contributed by atoms with Crippen LogP contribution >= 0.6 is 24.0 Å². The average molecular weight is 380 g/mol. The molecule has 5 nitrogen and oxygen atoms in total. The van der Waals surface area contributed by atoms with Gasteiger partial charge in [0.15, 0.2) is 5.96 Å². The number of guanidine groups is 1. The van der Waals surface area contributed by atoms with Crippen molar-refractivity contribution in [2.45, 2.75) is 19.9 Å². The number of nitrogens with one attached hydrogen (secondary N) is 2. The molecule has 19 heavy (non-hydrogen) atoms. The Balaban J connectivity index is 0.00000324. The lowest BCUT2D eigenvalue weighted by Crippen LogP contribution is -2.44. The van der Waals surface area contributed by atoms with E-state index in [0.717, 1.165) is 45.4 Å². The molecule has 110 valence electrons. The second-order valence-corrected chi connectivity index (χ2v) is 4.27. The van der Waals surface area contributed by atoms with Crippen LogP contribution in [0.3, 0.4) is 0 Å². The molecule has 0 radical (unpaired) electrons. The van der Waals surface area contributed by atoms with E-state index in [1.807, 2.05) is 6.92 Å². The molecule has 1 heterocycles. The van der Waals surface area contributed by atoms with Crippen LogP contribution in [0.5, 0.6) is 0 Å². The van der Waals surface area contributed by atoms with E-state index in [1.165, 1.54) is 0 Å². The lowest BCUT2D eigenvalue weighted by atomic mass is 10.2. The maximum Gasteiger partial charge on any atom is 0.192 e. The molecular formula is C13H25IN4O. The normalized spacial score (nSPS) is 18.1. The first-order valence-electron chi connectivity index (χ1n) is 6.55. The number of terminal acetylenes is 1. The van der Waals surface area contributed by atoms with E-state index in [4.69, 9.17) is 11.2 Å². The fourth-order valence-electron chi connectivity index (χ4n) is 1.83. The zero-order chi connectivity index (χ0) is 13.2. The van der Waals surface area contributed by atoms with Gasteiger partial charge in [0.2, 0.25) is 0 Å². The zero-order valence-corrected chi connectivity index (χ0v) is 14.1. The Kier molecular flexibility index (Phi) is 11.0. The van der Waals surface area contributed by atoms with Gasteiger partial charge in [0.1, 0.15) is 0 Å². The van der Waals surface area contributed by atoms with Gasteiger partial charge < -0.3 is 15.4 Å². The number of hydrogen-bond donors (Lipinski definition) is 2. The van der Waals surface area contributed by atoms with Crippen LogP contribution in [0.15, 0.2) is 4.99 Å². The maximum absolute atomic E-state index is 5.34. The molecule has 1 aliphatic rings. The number of hydrogen-bond acceptors (Lipinski definition) is 3. The van der Waals surface area contributed by atoms with Crippen molar-refractivity contribution in [2.75, 3.05) is 45.9 Å². The number of morpholine rings is 1. The van der Waals surface area contributed by atoms with Crippen molar-refractivity contribution >= 4 is 29.9 Å². The van der Waals surface area contributed by atoms with Gasteiger partial charge in [0.25, 0.3) is 0 Å². The summed E-state index contributed by atoms with van der Waals surface area (Å²) in [5, 5.41) is 6.26. The molecule has 1 unspecified atom stereocenters. The van der Waals surface area contributed by atoms with Crippen LogP contribution in [0, 0.1) is 12.3 Å². The largest absolute Gasteiger partial charge is 0.379 e. The maximum atomic E-state index is 5.34. The number of aliphatic imine (C=N–C) groups is 1. The highest BCUT2D eigenvalue weighted by Crippen LogP contribution is 2.03. The fraction of sp³-hybridized carbons (Fsp3) is 0.769. The summed E-state index contributed by atoms with van der Waals surface area (Å²) in [5.74, 6) is 3.34. The van der Waals surface area contributed by atoms with Gasteiger partial charge in [-0.1, -0.05) is 5.92 Å². The Morgan fingerprint density at radius 1 is 1.42 bits per heavy atom. The van der Waals surface area contributed by atoms with E-state index >= 15 is 0 Å². The van der Waals surface area contributed by atoms with Gasteiger partial charge in [0.05, 0.1) is 26.3 Å². The van der Waals surface area contributed by atoms with Crippen molar-refractivity contribution < 1.29 is 4.74 Å².